The van der Waals surface area contributed by atoms with Gasteiger partial charge in [0.15, 0.2) is 17.7 Å². The molecule has 2 aliphatic rings. The van der Waals surface area contributed by atoms with E-state index < -0.39 is 23.5 Å². The van der Waals surface area contributed by atoms with Gasteiger partial charge in [0.2, 0.25) is 0 Å². The predicted molar refractivity (Wildman–Crippen MR) is 160 cm³/mol. The summed E-state index contributed by atoms with van der Waals surface area (Å²) in [5, 5.41) is 13.9. The summed E-state index contributed by atoms with van der Waals surface area (Å²) in [6, 6.07) is 3.12. The van der Waals surface area contributed by atoms with E-state index in [-0.39, 0.29) is 11.7 Å². The Morgan fingerprint density at radius 2 is 1.91 bits per heavy atom. The van der Waals surface area contributed by atoms with Crippen LogP contribution in [0.5, 0.6) is 5.75 Å². The summed E-state index contributed by atoms with van der Waals surface area (Å²) < 4.78 is 34.5. The minimum atomic E-state index is -1.38. The molecule has 2 aromatic heterocycles. The highest BCUT2D eigenvalue weighted by Crippen LogP contribution is 2.44. The quantitative estimate of drug-likeness (QED) is 0.395. The summed E-state index contributed by atoms with van der Waals surface area (Å²) in [6.45, 7) is 13.6. The van der Waals surface area contributed by atoms with Crippen LogP contribution in [-0.4, -0.2) is 83.0 Å². The molecule has 1 saturated heterocycles. The summed E-state index contributed by atoms with van der Waals surface area (Å²) >= 11 is 0. The summed E-state index contributed by atoms with van der Waals surface area (Å²) in [4.78, 5) is 33.2. The maximum atomic E-state index is 15.6. The fraction of sp³-hybridized carbons (Fsp3) is 0.531. The van der Waals surface area contributed by atoms with Gasteiger partial charge in [0, 0.05) is 61.0 Å². The van der Waals surface area contributed by atoms with Crippen LogP contribution in [0.3, 0.4) is 0 Å². The zero-order chi connectivity index (χ0) is 31.1. The average molecular weight is 597 g/mol. The summed E-state index contributed by atoms with van der Waals surface area (Å²) in [6.07, 6.45) is 0.00736. The number of nitrogens with one attached hydrogen (secondary N) is 1. The van der Waals surface area contributed by atoms with Crippen LogP contribution in [0.2, 0.25) is 0 Å². The number of rotatable bonds is 8. The number of hydrogen-bond acceptors (Lipinski definition) is 7. The minimum absolute atomic E-state index is 0.241. The van der Waals surface area contributed by atoms with Gasteiger partial charge in [0.25, 0.3) is 5.91 Å². The standard InChI is InChI=1S/C32H41FN4O6/c1-18-20-8-7-13-42-27(20)23(33)16-21(18)26-22-17-24(30(38)34-9-10-37-11-14-41-15-12-37)36(6)29(22)35-19(2)25(26)28(31(39)40)43-32(3,4)5/h16-17,28H,7-15H2,1-6H3,(H,34,38)(H,39,40)/t28-/m0/s1. The molecule has 0 radical (unpaired) electrons. The van der Waals surface area contributed by atoms with Crippen molar-refractivity contribution in [1.82, 2.24) is 19.8 Å². The van der Waals surface area contributed by atoms with Gasteiger partial charge in [-0.25, -0.2) is 14.2 Å². The number of ether oxygens (including phenoxy) is 3. The number of carbonyl (C=O) groups excluding carboxylic acids is 1. The average Bonchev–Trinajstić information content (AvgIpc) is 3.29. The number of aromatic nitrogens is 2. The Morgan fingerprint density at radius 3 is 2.58 bits per heavy atom. The van der Waals surface area contributed by atoms with Crippen molar-refractivity contribution in [3.05, 3.63) is 46.0 Å². The second-order valence-corrected chi connectivity index (χ2v) is 12.3. The van der Waals surface area contributed by atoms with Crippen molar-refractivity contribution in [1.29, 1.82) is 0 Å². The van der Waals surface area contributed by atoms with Crippen LogP contribution in [-0.2, 0) is 27.7 Å². The number of carboxylic acids is 1. The van der Waals surface area contributed by atoms with Crippen LogP contribution < -0.4 is 10.1 Å². The summed E-state index contributed by atoms with van der Waals surface area (Å²) in [5.41, 5.74) is 3.39. The molecule has 0 aliphatic carbocycles. The molecule has 43 heavy (non-hydrogen) atoms. The van der Waals surface area contributed by atoms with Crippen molar-refractivity contribution in [2.45, 2.75) is 59.2 Å². The third-order valence-electron chi connectivity index (χ3n) is 8.12. The van der Waals surface area contributed by atoms with Gasteiger partial charge in [-0.2, -0.15) is 0 Å². The molecule has 11 heteroatoms. The predicted octanol–water partition coefficient (Wildman–Crippen LogP) is 4.32. The van der Waals surface area contributed by atoms with Crippen LogP contribution in [0.1, 0.15) is 66.2 Å². The van der Waals surface area contributed by atoms with Gasteiger partial charge in [-0.05, 0) is 70.7 Å². The van der Waals surface area contributed by atoms with E-state index in [9.17, 15) is 14.7 Å². The number of hydrogen-bond donors (Lipinski definition) is 2. The van der Waals surface area contributed by atoms with E-state index in [1.807, 2.05) is 6.92 Å². The lowest BCUT2D eigenvalue weighted by Gasteiger charge is -2.29. The highest BCUT2D eigenvalue weighted by Gasteiger charge is 2.35. The monoisotopic (exact) mass is 596 g/mol. The molecule has 0 spiro atoms. The van der Waals surface area contributed by atoms with Crippen molar-refractivity contribution in [2.75, 3.05) is 46.0 Å². The molecule has 0 saturated carbocycles. The van der Waals surface area contributed by atoms with E-state index >= 15 is 4.39 Å². The highest BCUT2D eigenvalue weighted by molar-refractivity contribution is 6.04. The number of aliphatic carboxylic acids is 1. The number of fused-ring (bicyclic) bond motifs is 2. The Hall–Kier alpha value is -3.54. The Labute approximate surface area is 251 Å². The number of carbonyl (C=O) groups is 2. The van der Waals surface area contributed by atoms with E-state index in [1.54, 1.807) is 45.4 Å². The van der Waals surface area contributed by atoms with E-state index in [4.69, 9.17) is 19.2 Å². The molecule has 4 heterocycles. The molecule has 1 fully saturated rings. The highest BCUT2D eigenvalue weighted by atomic mass is 19.1. The third-order valence-corrected chi connectivity index (χ3v) is 8.12. The maximum absolute atomic E-state index is 15.6. The molecule has 0 unspecified atom stereocenters. The molecule has 1 amide bonds. The normalized spacial score (nSPS) is 16.5. The number of carboxylic acid groups (broad SMARTS) is 1. The lowest BCUT2D eigenvalue weighted by atomic mass is 9.86. The number of amides is 1. The lowest BCUT2D eigenvalue weighted by Crippen LogP contribution is -2.41. The summed E-state index contributed by atoms with van der Waals surface area (Å²) in [5.74, 6) is -1.73. The zero-order valence-corrected chi connectivity index (χ0v) is 25.8. The van der Waals surface area contributed by atoms with E-state index in [2.05, 4.69) is 10.2 Å². The molecule has 1 aromatic carbocycles. The van der Waals surface area contributed by atoms with Crippen LogP contribution in [0.4, 0.5) is 4.39 Å². The first kappa shape index (κ1) is 30.9. The summed E-state index contributed by atoms with van der Waals surface area (Å²) in [7, 11) is 1.75. The van der Waals surface area contributed by atoms with Gasteiger partial charge in [-0.3, -0.25) is 9.69 Å². The number of morpholine rings is 1. The molecule has 2 N–H and O–H groups in total. The Morgan fingerprint density at radius 1 is 1.19 bits per heavy atom. The van der Waals surface area contributed by atoms with Crippen LogP contribution in [0.15, 0.2) is 12.1 Å². The van der Waals surface area contributed by atoms with E-state index in [1.165, 1.54) is 6.07 Å². The van der Waals surface area contributed by atoms with Gasteiger partial charge >= 0.3 is 5.97 Å². The number of aryl methyl sites for hydroxylation is 2. The smallest absolute Gasteiger partial charge is 0.337 e. The Kier molecular flexibility index (Phi) is 8.78. The fourth-order valence-corrected chi connectivity index (χ4v) is 6.03. The Balaban J connectivity index is 1.67. The van der Waals surface area contributed by atoms with Crippen molar-refractivity contribution < 1.29 is 33.3 Å². The number of nitrogens with zero attached hydrogens (tertiary/aromatic N) is 3. The van der Waals surface area contributed by atoms with Gasteiger partial charge < -0.3 is 29.2 Å². The van der Waals surface area contributed by atoms with Crippen molar-refractivity contribution in [2.24, 2.45) is 7.05 Å². The van der Waals surface area contributed by atoms with Gasteiger partial charge in [0.05, 0.1) is 25.4 Å². The molecule has 5 rings (SSSR count). The van der Waals surface area contributed by atoms with E-state index in [0.717, 1.165) is 30.6 Å². The number of benzene rings is 1. The lowest BCUT2D eigenvalue weighted by molar-refractivity contribution is -0.160. The molecule has 232 valence electrons. The minimum Gasteiger partial charge on any atom is -0.490 e. The Bertz CT molecular complexity index is 1550. The van der Waals surface area contributed by atoms with Crippen molar-refractivity contribution in [3.8, 4) is 16.9 Å². The molecule has 0 bridgehead atoms. The first-order chi connectivity index (χ1) is 20.4. The van der Waals surface area contributed by atoms with Crippen LogP contribution in [0.25, 0.3) is 22.2 Å². The SMILES string of the molecule is Cc1nc2c(cc(C(=O)NCCN3CCOCC3)n2C)c(-c2cc(F)c3c(c2C)CCCO3)c1[C@H](OC(C)(C)C)C(=O)O. The number of halogens is 1. The van der Waals surface area contributed by atoms with Gasteiger partial charge in [0.1, 0.15) is 11.3 Å². The van der Waals surface area contributed by atoms with E-state index in [0.29, 0.717) is 78.4 Å². The molecule has 10 nitrogen and oxygen atoms in total. The topological polar surface area (TPSA) is 115 Å². The molecule has 1 atom stereocenters. The molecular formula is C32H41FN4O6. The van der Waals surface area contributed by atoms with Gasteiger partial charge in [-0.15, -0.1) is 0 Å². The van der Waals surface area contributed by atoms with Crippen molar-refractivity contribution in [3.63, 3.8) is 0 Å². The van der Waals surface area contributed by atoms with Gasteiger partial charge in [-0.1, -0.05) is 0 Å². The number of pyridine rings is 1. The molecule has 3 aromatic rings. The van der Waals surface area contributed by atoms with Crippen LogP contribution in [0, 0.1) is 19.7 Å². The first-order valence-electron chi connectivity index (χ1n) is 14.8. The molecular weight excluding hydrogens is 555 g/mol. The zero-order valence-electron chi connectivity index (χ0n) is 25.8. The maximum Gasteiger partial charge on any atom is 0.337 e. The molecule has 2 aliphatic heterocycles. The second-order valence-electron chi connectivity index (χ2n) is 12.3. The van der Waals surface area contributed by atoms with Crippen LogP contribution >= 0.6 is 0 Å². The first-order valence-corrected chi connectivity index (χ1v) is 14.8. The largest absolute Gasteiger partial charge is 0.490 e. The fourth-order valence-electron chi connectivity index (χ4n) is 6.03. The third kappa shape index (κ3) is 6.25. The van der Waals surface area contributed by atoms with Crippen molar-refractivity contribution >= 4 is 22.9 Å². The second kappa shape index (κ2) is 12.2.